The maximum absolute atomic E-state index is 6.03. The van der Waals surface area contributed by atoms with Crippen molar-refractivity contribution in [2.45, 2.75) is 32.1 Å². The van der Waals surface area contributed by atoms with Crippen LogP contribution >= 0.6 is 0 Å². The van der Waals surface area contributed by atoms with Crippen molar-refractivity contribution in [1.29, 1.82) is 0 Å². The lowest BCUT2D eigenvalue weighted by atomic mass is 9.64. The highest BCUT2D eigenvalue weighted by molar-refractivity contribution is 5.42. The van der Waals surface area contributed by atoms with Crippen molar-refractivity contribution in [3.8, 4) is 0 Å². The zero-order valence-electron chi connectivity index (χ0n) is 10.8. The molecule has 92 valence electrons. The first-order valence-electron chi connectivity index (χ1n) is 6.49. The molecule has 0 spiro atoms. The average molecular weight is 231 g/mol. The van der Waals surface area contributed by atoms with Crippen LogP contribution in [0.1, 0.15) is 29.5 Å². The molecule has 1 aromatic rings. The fraction of sp³-hybridized carbons (Fsp3) is 0.600. The third kappa shape index (κ3) is 1.40. The molecule has 0 radical (unpaired) electrons. The fourth-order valence-corrected chi connectivity index (χ4v) is 3.33. The molecule has 1 aliphatic heterocycles. The highest BCUT2D eigenvalue weighted by Crippen LogP contribution is 2.62. The number of nitrogens with two attached hydrogens (primary N) is 1. The fourth-order valence-electron chi connectivity index (χ4n) is 3.33. The minimum atomic E-state index is 0.206. The Morgan fingerprint density at radius 2 is 1.94 bits per heavy atom. The molecular weight excluding hydrogens is 210 g/mol. The highest BCUT2D eigenvalue weighted by atomic mass is 16.5. The van der Waals surface area contributed by atoms with E-state index in [9.17, 15) is 0 Å². The second kappa shape index (κ2) is 3.56. The van der Waals surface area contributed by atoms with Crippen LogP contribution in [0.15, 0.2) is 18.2 Å². The Morgan fingerprint density at radius 3 is 2.41 bits per heavy atom. The Kier molecular flexibility index (Phi) is 2.36. The molecule has 0 bridgehead atoms. The van der Waals surface area contributed by atoms with Crippen molar-refractivity contribution in [2.75, 3.05) is 19.8 Å². The maximum atomic E-state index is 6.03. The number of benzene rings is 1. The van der Waals surface area contributed by atoms with Crippen LogP contribution in [0.25, 0.3) is 0 Å². The van der Waals surface area contributed by atoms with Crippen LogP contribution in [0.5, 0.6) is 0 Å². The van der Waals surface area contributed by atoms with Crippen molar-refractivity contribution < 1.29 is 4.74 Å². The van der Waals surface area contributed by atoms with Gasteiger partial charge in [-0.25, -0.2) is 0 Å². The molecule has 2 aliphatic rings. The minimum Gasteiger partial charge on any atom is -0.379 e. The van der Waals surface area contributed by atoms with Crippen LogP contribution in [0.4, 0.5) is 0 Å². The van der Waals surface area contributed by atoms with E-state index in [1.807, 2.05) is 0 Å². The Labute approximate surface area is 103 Å². The van der Waals surface area contributed by atoms with E-state index in [1.54, 1.807) is 0 Å². The third-order valence-corrected chi connectivity index (χ3v) is 4.87. The van der Waals surface area contributed by atoms with Crippen LogP contribution in [-0.4, -0.2) is 19.8 Å². The summed E-state index contributed by atoms with van der Waals surface area (Å²) in [5, 5.41) is 0. The minimum absolute atomic E-state index is 0.206. The molecule has 2 nitrogen and oxygen atoms in total. The summed E-state index contributed by atoms with van der Waals surface area (Å²) in [5.74, 6) is 0. The summed E-state index contributed by atoms with van der Waals surface area (Å²) in [6.45, 7) is 6.88. The van der Waals surface area contributed by atoms with Gasteiger partial charge in [0.15, 0.2) is 0 Å². The molecule has 0 amide bonds. The van der Waals surface area contributed by atoms with Gasteiger partial charge in [-0.2, -0.15) is 0 Å². The van der Waals surface area contributed by atoms with Crippen LogP contribution in [0.3, 0.4) is 0 Å². The van der Waals surface area contributed by atoms with Crippen molar-refractivity contribution in [2.24, 2.45) is 11.1 Å². The normalized spacial score (nSPS) is 24.2. The first-order valence-corrected chi connectivity index (χ1v) is 6.49. The van der Waals surface area contributed by atoms with Crippen LogP contribution in [0.2, 0.25) is 0 Å². The molecule has 2 N–H and O–H groups in total. The zero-order chi connectivity index (χ0) is 12.1. The van der Waals surface area contributed by atoms with Gasteiger partial charge in [-0.3, -0.25) is 0 Å². The summed E-state index contributed by atoms with van der Waals surface area (Å²) in [6.07, 6.45) is 2.53. The SMILES string of the molecule is Cc1ccc(C)c(C2(C3(CN)CC3)COC2)c1. The number of hydrogen-bond donors (Lipinski definition) is 1. The molecule has 2 heteroatoms. The second-order valence-electron chi connectivity index (χ2n) is 5.88. The summed E-state index contributed by atoms with van der Waals surface area (Å²) < 4.78 is 5.56. The first kappa shape index (κ1) is 11.2. The number of rotatable bonds is 3. The highest BCUT2D eigenvalue weighted by Gasteiger charge is 2.63. The van der Waals surface area contributed by atoms with Gasteiger partial charge < -0.3 is 10.5 Å². The number of hydrogen-bond acceptors (Lipinski definition) is 2. The Morgan fingerprint density at radius 1 is 1.24 bits per heavy atom. The summed E-state index contributed by atoms with van der Waals surface area (Å²) in [5.41, 5.74) is 10.8. The number of ether oxygens (including phenoxy) is 1. The van der Waals surface area contributed by atoms with Gasteiger partial charge in [-0.05, 0) is 49.8 Å². The van der Waals surface area contributed by atoms with Gasteiger partial charge in [0, 0.05) is 5.41 Å². The molecular formula is C15H21NO. The zero-order valence-corrected chi connectivity index (χ0v) is 10.8. The molecule has 1 saturated heterocycles. The van der Waals surface area contributed by atoms with Gasteiger partial charge in [0.25, 0.3) is 0 Å². The van der Waals surface area contributed by atoms with E-state index >= 15 is 0 Å². The van der Waals surface area contributed by atoms with Crippen LogP contribution in [0, 0.1) is 19.3 Å². The predicted molar refractivity (Wildman–Crippen MR) is 69.1 cm³/mol. The van der Waals surface area contributed by atoms with E-state index in [2.05, 4.69) is 32.0 Å². The molecule has 1 aromatic carbocycles. The maximum Gasteiger partial charge on any atom is 0.0591 e. The quantitative estimate of drug-likeness (QED) is 0.866. The van der Waals surface area contributed by atoms with Crippen molar-refractivity contribution in [3.63, 3.8) is 0 Å². The third-order valence-electron chi connectivity index (χ3n) is 4.87. The van der Waals surface area contributed by atoms with E-state index in [1.165, 1.54) is 29.5 Å². The van der Waals surface area contributed by atoms with E-state index in [-0.39, 0.29) is 5.41 Å². The van der Waals surface area contributed by atoms with Crippen molar-refractivity contribution >= 4 is 0 Å². The van der Waals surface area contributed by atoms with Crippen molar-refractivity contribution in [3.05, 3.63) is 34.9 Å². The predicted octanol–water partition coefficient (Wildman–Crippen LogP) is 2.31. The van der Waals surface area contributed by atoms with Gasteiger partial charge in [0.1, 0.15) is 0 Å². The molecule has 2 fully saturated rings. The summed E-state index contributed by atoms with van der Waals surface area (Å²) in [4.78, 5) is 0. The van der Waals surface area contributed by atoms with E-state index in [0.717, 1.165) is 19.8 Å². The van der Waals surface area contributed by atoms with Gasteiger partial charge in [-0.15, -0.1) is 0 Å². The van der Waals surface area contributed by atoms with Crippen LogP contribution in [-0.2, 0) is 10.2 Å². The lowest BCUT2D eigenvalue weighted by Crippen LogP contribution is -2.56. The molecule has 0 aromatic heterocycles. The molecule has 1 heterocycles. The molecule has 1 aliphatic carbocycles. The van der Waals surface area contributed by atoms with Crippen LogP contribution < -0.4 is 5.73 Å². The number of aryl methyl sites for hydroxylation is 2. The first-order chi connectivity index (χ1) is 8.13. The van der Waals surface area contributed by atoms with Gasteiger partial charge >= 0.3 is 0 Å². The molecule has 3 rings (SSSR count). The molecule has 17 heavy (non-hydrogen) atoms. The lowest BCUT2D eigenvalue weighted by molar-refractivity contribution is -0.0976. The monoisotopic (exact) mass is 231 g/mol. The van der Waals surface area contributed by atoms with Gasteiger partial charge in [0.2, 0.25) is 0 Å². The smallest absolute Gasteiger partial charge is 0.0591 e. The molecule has 0 unspecified atom stereocenters. The largest absolute Gasteiger partial charge is 0.379 e. The Balaban J connectivity index is 2.09. The van der Waals surface area contributed by atoms with Gasteiger partial charge in [0.05, 0.1) is 13.2 Å². The standard InChI is InChI=1S/C15H21NO/c1-11-3-4-12(2)13(7-11)15(9-17-10-15)14(8-16)5-6-14/h3-4,7H,5-6,8-10,16H2,1-2H3. The molecule has 1 saturated carbocycles. The second-order valence-corrected chi connectivity index (χ2v) is 5.88. The van der Waals surface area contributed by atoms with E-state index in [0.29, 0.717) is 5.41 Å². The Hall–Kier alpha value is -0.860. The average Bonchev–Trinajstić information content (AvgIpc) is 3.03. The van der Waals surface area contributed by atoms with Crippen molar-refractivity contribution in [1.82, 2.24) is 0 Å². The van der Waals surface area contributed by atoms with E-state index < -0.39 is 0 Å². The topological polar surface area (TPSA) is 35.2 Å². The summed E-state index contributed by atoms with van der Waals surface area (Å²) in [7, 11) is 0. The molecule has 0 atom stereocenters. The lowest BCUT2D eigenvalue weighted by Gasteiger charge is -2.49. The summed E-state index contributed by atoms with van der Waals surface area (Å²) >= 11 is 0. The van der Waals surface area contributed by atoms with Gasteiger partial charge in [-0.1, -0.05) is 23.8 Å². The summed E-state index contributed by atoms with van der Waals surface area (Å²) in [6, 6.07) is 6.76. The Bertz CT molecular complexity index is 444. The van der Waals surface area contributed by atoms with E-state index in [4.69, 9.17) is 10.5 Å².